The van der Waals surface area contributed by atoms with Crippen molar-refractivity contribution in [3.8, 4) is 17.2 Å². The molecule has 0 amide bonds. The predicted octanol–water partition coefficient (Wildman–Crippen LogP) is 4.57. The van der Waals surface area contributed by atoms with E-state index in [1.807, 2.05) is 0 Å². The van der Waals surface area contributed by atoms with E-state index in [4.69, 9.17) is 14.2 Å². The first-order valence-electron chi connectivity index (χ1n) is 8.89. The summed E-state index contributed by atoms with van der Waals surface area (Å²) in [5.41, 5.74) is 4.12. The predicted molar refractivity (Wildman–Crippen MR) is 108 cm³/mol. The van der Waals surface area contributed by atoms with Crippen LogP contribution in [0.5, 0.6) is 17.2 Å². The third-order valence-corrected chi connectivity index (χ3v) is 5.60. The summed E-state index contributed by atoms with van der Waals surface area (Å²) in [6.45, 7) is 2.22. The van der Waals surface area contributed by atoms with Gasteiger partial charge in [-0.05, 0) is 48.2 Å². The van der Waals surface area contributed by atoms with Crippen molar-refractivity contribution >= 4 is 17.0 Å². The second-order valence-corrected chi connectivity index (χ2v) is 6.79. The number of fused-ring (bicyclic) bond motifs is 3. The van der Waals surface area contributed by atoms with Gasteiger partial charge in [-0.15, -0.1) is 17.0 Å². The Hall–Kier alpha value is -1.72. The molecule has 0 bridgehead atoms. The second kappa shape index (κ2) is 7.89. The number of nitrogens with zero attached hydrogens (tertiary/aromatic N) is 1. The van der Waals surface area contributed by atoms with Crippen molar-refractivity contribution in [1.29, 1.82) is 0 Å². The van der Waals surface area contributed by atoms with Crippen LogP contribution in [-0.4, -0.2) is 39.3 Å². The molecule has 2 aliphatic heterocycles. The molecule has 0 spiro atoms. The molecule has 1 fully saturated rings. The van der Waals surface area contributed by atoms with E-state index < -0.39 is 0 Å². The molecule has 2 heterocycles. The SMILES string of the molecule is Br.COc1cc([C@@H]2CN3CCC[C@H]3c3ccccc32)cc(OC)c1OC. The van der Waals surface area contributed by atoms with Crippen molar-refractivity contribution in [3.63, 3.8) is 0 Å². The van der Waals surface area contributed by atoms with Gasteiger partial charge in [-0.2, -0.15) is 0 Å². The summed E-state index contributed by atoms with van der Waals surface area (Å²) in [6.07, 6.45) is 2.54. The number of methoxy groups -OCH3 is 3. The van der Waals surface area contributed by atoms with Crippen molar-refractivity contribution in [1.82, 2.24) is 4.90 Å². The van der Waals surface area contributed by atoms with Crippen LogP contribution in [-0.2, 0) is 0 Å². The van der Waals surface area contributed by atoms with Gasteiger partial charge in [0.2, 0.25) is 5.75 Å². The molecule has 2 aliphatic rings. The Labute approximate surface area is 165 Å². The lowest BCUT2D eigenvalue weighted by Gasteiger charge is -2.37. The van der Waals surface area contributed by atoms with Gasteiger partial charge in [-0.3, -0.25) is 4.90 Å². The highest BCUT2D eigenvalue weighted by Crippen LogP contribution is 2.47. The van der Waals surface area contributed by atoms with Crippen LogP contribution in [0.3, 0.4) is 0 Å². The maximum absolute atomic E-state index is 5.57. The molecule has 140 valence electrons. The summed E-state index contributed by atoms with van der Waals surface area (Å²) < 4.78 is 16.6. The summed E-state index contributed by atoms with van der Waals surface area (Å²) >= 11 is 0. The number of halogens is 1. The maximum Gasteiger partial charge on any atom is 0.203 e. The van der Waals surface area contributed by atoms with Crippen molar-refractivity contribution in [2.45, 2.75) is 24.8 Å². The van der Waals surface area contributed by atoms with Crippen molar-refractivity contribution in [2.24, 2.45) is 0 Å². The van der Waals surface area contributed by atoms with Gasteiger partial charge < -0.3 is 14.2 Å². The largest absolute Gasteiger partial charge is 0.493 e. The van der Waals surface area contributed by atoms with Gasteiger partial charge in [0.1, 0.15) is 0 Å². The molecule has 0 aliphatic carbocycles. The first-order chi connectivity index (χ1) is 12.3. The average Bonchev–Trinajstić information content (AvgIpc) is 3.15. The molecule has 4 rings (SSSR count). The van der Waals surface area contributed by atoms with E-state index >= 15 is 0 Å². The summed E-state index contributed by atoms with van der Waals surface area (Å²) in [7, 11) is 4.99. The lowest BCUT2D eigenvalue weighted by atomic mass is 9.81. The highest BCUT2D eigenvalue weighted by molar-refractivity contribution is 8.93. The van der Waals surface area contributed by atoms with Crippen molar-refractivity contribution in [3.05, 3.63) is 53.1 Å². The molecule has 2 aromatic carbocycles. The van der Waals surface area contributed by atoms with Crippen LogP contribution in [0.15, 0.2) is 36.4 Å². The van der Waals surface area contributed by atoms with Gasteiger partial charge in [-0.25, -0.2) is 0 Å². The van der Waals surface area contributed by atoms with Crippen LogP contribution in [0.1, 0.15) is 41.5 Å². The fourth-order valence-corrected chi connectivity index (χ4v) is 4.45. The molecule has 0 unspecified atom stereocenters. The van der Waals surface area contributed by atoms with Gasteiger partial charge in [0.05, 0.1) is 21.3 Å². The van der Waals surface area contributed by atoms with Crippen LogP contribution >= 0.6 is 17.0 Å². The normalized spacial score (nSPS) is 21.3. The minimum Gasteiger partial charge on any atom is -0.493 e. The Morgan fingerprint density at radius 2 is 1.58 bits per heavy atom. The van der Waals surface area contributed by atoms with Crippen LogP contribution in [0, 0.1) is 0 Å². The van der Waals surface area contributed by atoms with Crippen LogP contribution in [0.2, 0.25) is 0 Å². The summed E-state index contributed by atoms with van der Waals surface area (Å²) in [5, 5.41) is 0. The monoisotopic (exact) mass is 419 g/mol. The maximum atomic E-state index is 5.57. The van der Waals surface area contributed by atoms with E-state index in [0.717, 1.165) is 18.0 Å². The molecular weight excluding hydrogens is 394 g/mol. The first kappa shape index (κ1) is 19.1. The minimum absolute atomic E-state index is 0. The van der Waals surface area contributed by atoms with E-state index in [1.54, 1.807) is 21.3 Å². The molecule has 0 saturated carbocycles. The van der Waals surface area contributed by atoms with Gasteiger partial charge in [0.25, 0.3) is 0 Å². The van der Waals surface area contributed by atoms with Crippen molar-refractivity contribution in [2.75, 3.05) is 34.4 Å². The zero-order valence-electron chi connectivity index (χ0n) is 15.5. The van der Waals surface area contributed by atoms with E-state index in [-0.39, 0.29) is 17.0 Å². The zero-order chi connectivity index (χ0) is 17.4. The topological polar surface area (TPSA) is 30.9 Å². The number of hydrogen-bond acceptors (Lipinski definition) is 4. The van der Waals surface area contributed by atoms with Gasteiger partial charge in [0, 0.05) is 18.5 Å². The summed E-state index contributed by atoms with van der Waals surface area (Å²) in [5.74, 6) is 2.41. The fourth-order valence-electron chi connectivity index (χ4n) is 4.45. The number of rotatable bonds is 4. The summed E-state index contributed by atoms with van der Waals surface area (Å²) in [4.78, 5) is 2.62. The van der Waals surface area contributed by atoms with E-state index in [2.05, 4.69) is 41.3 Å². The van der Waals surface area contributed by atoms with Crippen LogP contribution in [0.4, 0.5) is 0 Å². The minimum atomic E-state index is 0. The Balaban J connectivity index is 0.00000196. The lowest BCUT2D eigenvalue weighted by Crippen LogP contribution is -2.34. The lowest BCUT2D eigenvalue weighted by molar-refractivity contribution is 0.230. The van der Waals surface area contributed by atoms with E-state index in [0.29, 0.717) is 17.7 Å². The molecule has 2 atom stereocenters. The molecule has 4 nitrogen and oxygen atoms in total. The van der Waals surface area contributed by atoms with Crippen molar-refractivity contribution < 1.29 is 14.2 Å². The second-order valence-electron chi connectivity index (χ2n) is 6.79. The smallest absolute Gasteiger partial charge is 0.203 e. The highest BCUT2D eigenvalue weighted by atomic mass is 79.9. The van der Waals surface area contributed by atoms with Crippen LogP contribution < -0.4 is 14.2 Å². The first-order valence-corrected chi connectivity index (χ1v) is 8.89. The standard InChI is InChI=1S/C21H25NO3.BrH/c1-23-19-11-14(12-20(24-2)21(19)25-3)17-13-22-10-6-9-18(22)16-8-5-4-7-15(16)17;/h4-5,7-8,11-12,17-18H,6,9-10,13H2,1-3H3;1H/t17-,18-;/m0./s1. The molecule has 0 aromatic heterocycles. The molecule has 0 N–H and O–H groups in total. The molecule has 0 radical (unpaired) electrons. The molecule has 26 heavy (non-hydrogen) atoms. The van der Waals surface area contributed by atoms with Crippen LogP contribution in [0.25, 0.3) is 0 Å². The van der Waals surface area contributed by atoms with Gasteiger partial charge in [0.15, 0.2) is 11.5 Å². The van der Waals surface area contributed by atoms with Gasteiger partial charge >= 0.3 is 0 Å². The molecule has 1 saturated heterocycles. The number of hydrogen-bond donors (Lipinski definition) is 0. The fraction of sp³-hybridized carbons (Fsp3) is 0.429. The molecule has 5 heteroatoms. The third kappa shape index (κ3) is 3.08. The average molecular weight is 420 g/mol. The zero-order valence-corrected chi connectivity index (χ0v) is 17.2. The third-order valence-electron chi connectivity index (χ3n) is 5.60. The Morgan fingerprint density at radius 3 is 2.19 bits per heavy atom. The van der Waals surface area contributed by atoms with E-state index in [9.17, 15) is 0 Å². The Kier molecular flexibility index (Phi) is 5.78. The molecular formula is C21H26BrNO3. The quantitative estimate of drug-likeness (QED) is 0.725. The number of benzene rings is 2. The number of ether oxygens (including phenoxy) is 3. The molecule has 2 aromatic rings. The summed E-state index contributed by atoms with van der Waals surface area (Å²) in [6, 6.07) is 13.6. The van der Waals surface area contributed by atoms with Gasteiger partial charge in [-0.1, -0.05) is 24.3 Å². The Morgan fingerprint density at radius 1 is 0.923 bits per heavy atom. The Bertz CT molecular complexity index is 755. The highest BCUT2D eigenvalue weighted by Gasteiger charge is 2.36. The van der Waals surface area contributed by atoms with E-state index in [1.165, 1.54) is 36.1 Å².